The van der Waals surface area contributed by atoms with E-state index in [0.29, 0.717) is 11.6 Å². The second-order valence-electron chi connectivity index (χ2n) is 7.55. The normalized spacial score (nSPS) is 15.2. The van der Waals surface area contributed by atoms with Gasteiger partial charge in [-0.05, 0) is 42.0 Å². The van der Waals surface area contributed by atoms with E-state index in [1.807, 2.05) is 35.3 Å². The minimum absolute atomic E-state index is 0.0158. The van der Waals surface area contributed by atoms with Crippen molar-refractivity contribution in [3.8, 4) is 11.1 Å². The predicted molar refractivity (Wildman–Crippen MR) is 107 cm³/mol. The van der Waals surface area contributed by atoms with Crippen LogP contribution in [0.1, 0.15) is 28.9 Å². The van der Waals surface area contributed by atoms with Crippen molar-refractivity contribution in [2.75, 3.05) is 13.2 Å². The first-order valence-electron chi connectivity index (χ1n) is 9.86. The Kier molecular flexibility index (Phi) is 4.69. The number of nitrogens with zero attached hydrogens (tertiary/aromatic N) is 4. The number of benzene rings is 1. The van der Waals surface area contributed by atoms with Gasteiger partial charge in [0.1, 0.15) is 5.69 Å². The third kappa shape index (κ3) is 3.71. The van der Waals surface area contributed by atoms with Gasteiger partial charge in [-0.2, -0.15) is 15.3 Å². The quantitative estimate of drug-likeness (QED) is 0.493. The van der Waals surface area contributed by atoms with Crippen LogP contribution in [0.4, 0.5) is 0 Å². The maximum atomic E-state index is 12.9. The van der Waals surface area contributed by atoms with Crippen LogP contribution in [0.2, 0.25) is 0 Å². The number of rotatable bonds is 6. The van der Waals surface area contributed by atoms with Crippen LogP contribution in [0.15, 0.2) is 43.0 Å². The number of nitrogens with one attached hydrogen (secondary N) is 2. The second-order valence-corrected chi connectivity index (χ2v) is 7.55. The van der Waals surface area contributed by atoms with Gasteiger partial charge in [0.2, 0.25) is 0 Å². The largest absolute Gasteiger partial charge is 0.381 e. The highest BCUT2D eigenvalue weighted by Gasteiger charge is 2.18. The first-order valence-corrected chi connectivity index (χ1v) is 9.86. The lowest BCUT2D eigenvalue weighted by Gasteiger charge is -2.21. The second kappa shape index (κ2) is 7.63. The minimum Gasteiger partial charge on any atom is -0.381 e. The predicted octanol–water partition coefficient (Wildman–Crippen LogP) is 3.00. The van der Waals surface area contributed by atoms with Crippen LogP contribution in [-0.4, -0.2) is 49.2 Å². The van der Waals surface area contributed by atoms with Crippen LogP contribution in [0.3, 0.4) is 0 Å². The molecule has 2 N–H and O–H groups in total. The van der Waals surface area contributed by atoms with Gasteiger partial charge >= 0.3 is 0 Å². The Labute approximate surface area is 167 Å². The number of Topliss-reactive ketones (excluding diaryl/α,β-unsaturated/α-hetero) is 1. The molecule has 29 heavy (non-hydrogen) atoms. The number of H-pyrrole nitrogens is 2. The molecular weight excluding hydrogens is 368 g/mol. The topological polar surface area (TPSA) is 101 Å². The van der Waals surface area contributed by atoms with E-state index in [1.165, 1.54) is 0 Å². The van der Waals surface area contributed by atoms with Crippen LogP contribution < -0.4 is 0 Å². The number of ether oxygens (including phenoxy) is 1. The molecule has 0 aliphatic carbocycles. The first kappa shape index (κ1) is 17.8. The van der Waals surface area contributed by atoms with Crippen LogP contribution >= 0.6 is 0 Å². The van der Waals surface area contributed by atoms with Crippen molar-refractivity contribution >= 4 is 16.7 Å². The first-order chi connectivity index (χ1) is 14.3. The van der Waals surface area contributed by atoms with Crippen LogP contribution in [0.25, 0.3) is 22.0 Å². The molecule has 0 saturated carbocycles. The molecular formula is C21H22N6O2. The number of ketones is 1. The van der Waals surface area contributed by atoms with Crippen LogP contribution in [-0.2, 0) is 17.7 Å². The fourth-order valence-corrected chi connectivity index (χ4v) is 3.88. The minimum atomic E-state index is -0.0158. The number of hydrogen-bond donors (Lipinski definition) is 2. The molecule has 0 spiro atoms. The zero-order valence-corrected chi connectivity index (χ0v) is 16.0. The Morgan fingerprint density at radius 2 is 2.10 bits per heavy atom. The molecule has 1 saturated heterocycles. The summed E-state index contributed by atoms with van der Waals surface area (Å²) in [6.07, 6.45) is 9.77. The molecule has 8 heteroatoms. The molecule has 0 atom stereocenters. The van der Waals surface area contributed by atoms with Crippen molar-refractivity contribution < 1.29 is 9.53 Å². The van der Waals surface area contributed by atoms with Gasteiger partial charge in [-0.3, -0.25) is 19.7 Å². The summed E-state index contributed by atoms with van der Waals surface area (Å²) in [6, 6.07) is 5.89. The SMILES string of the molecule is O=C(Cc1cnn(CC2CCOCC2)c1)c1n[nH]c2cc(-c3cn[nH]c3)ccc12. The standard InChI is InChI=1S/C21H22N6O2/c28-20(7-15-9-24-27(13-15)12-14-3-5-29-6-4-14)21-18-2-1-16(8-19(18)25-26-21)17-10-22-23-11-17/h1-2,8-11,13-14H,3-7,12H2,(H,22,23)(H,25,26). The molecule has 5 rings (SSSR count). The van der Waals surface area contributed by atoms with E-state index in [0.717, 1.165) is 60.2 Å². The van der Waals surface area contributed by atoms with Gasteiger partial charge in [0.25, 0.3) is 0 Å². The summed E-state index contributed by atoms with van der Waals surface area (Å²) in [4.78, 5) is 12.9. The summed E-state index contributed by atoms with van der Waals surface area (Å²) in [6.45, 7) is 2.53. The summed E-state index contributed by atoms with van der Waals surface area (Å²) in [5.74, 6) is 0.574. The van der Waals surface area contributed by atoms with Gasteiger partial charge in [-0.1, -0.05) is 6.07 Å². The third-order valence-corrected chi connectivity index (χ3v) is 5.50. The molecule has 148 valence electrons. The van der Waals surface area contributed by atoms with Crippen LogP contribution in [0, 0.1) is 5.92 Å². The molecule has 0 amide bonds. The maximum Gasteiger partial charge on any atom is 0.188 e. The molecule has 4 heterocycles. The average Bonchev–Trinajstić information content (AvgIpc) is 3.49. The van der Waals surface area contributed by atoms with E-state index in [-0.39, 0.29) is 12.2 Å². The van der Waals surface area contributed by atoms with Crippen molar-refractivity contribution in [3.05, 3.63) is 54.2 Å². The Morgan fingerprint density at radius 1 is 1.21 bits per heavy atom. The molecule has 1 aromatic carbocycles. The lowest BCUT2D eigenvalue weighted by molar-refractivity contribution is 0.0601. The molecule has 4 aromatic rings. The van der Waals surface area contributed by atoms with Gasteiger partial charge in [0.05, 0.1) is 17.9 Å². The van der Waals surface area contributed by atoms with E-state index >= 15 is 0 Å². The zero-order valence-electron chi connectivity index (χ0n) is 16.0. The van der Waals surface area contributed by atoms with E-state index < -0.39 is 0 Å². The van der Waals surface area contributed by atoms with E-state index in [9.17, 15) is 4.79 Å². The van der Waals surface area contributed by atoms with E-state index in [2.05, 4.69) is 25.5 Å². The Balaban J connectivity index is 1.30. The molecule has 3 aromatic heterocycles. The molecule has 0 bridgehead atoms. The summed E-state index contributed by atoms with van der Waals surface area (Å²) < 4.78 is 7.35. The van der Waals surface area contributed by atoms with E-state index in [1.54, 1.807) is 12.4 Å². The highest BCUT2D eigenvalue weighted by atomic mass is 16.5. The lowest BCUT2D eigenvalue weighted by atomic mass is 10.0. The van der Waals surface area contributed by atoms with Gasteiger partial charge in [0.15, 0.2) is 5.78 Å². The number of carbonyl (C=O) groups excluding carboxylic acids is 1. The smallest absolute Gasteiger partial charge is 0.188 e. The van der Waals surface area contributed by atoms with Crippen molar-refractivity contribution in [2.45, 2.75) is 25.8 Å². The number of carbonyl (C=O) groups is 1. The number of aromatic nitrogens is 6. The molecule has 0 unspecified atom stereocenters. The molecule has 0 radical (unpaired) electrons. The fourth-order valence-electron chi connectivity index (χ4n) is 3.88. The molecule has 1 aliphatic heterocycles. The molecule has 1 aliphatic rings. The summed E-state index contributed by atoms with van der Waals surface area (Å²) in [7, 11) is 0. The number of aromatic amines is 2. The summed E-state index contributed by atoms with van der Waals surface area (Å²) in [5, 5.41) is 19.3. The van der Waals surface area contributed by atoms with Gasteiger partial charge < -0.3 is 4.74 Å². The zero-order chi connectivity index (χ0) is 19.6. The lowest BCUT2D eigenvalue weighted by Crippen LogP contribution is -2.20. The maximum absolute atomic E-state index is 12.9. The van der Waals surface area contributed by atoms with Crippen molar-refractivity contribution in [1.29, 1.82) is 0 Å². The Bertz CT molecular complexity index is 1120. The molecule has 1 fully saturated rings. The van der Waals surface area contributed by atoms with E-state index in [4.69, 9.17) is 4.74 Å². The van der Waals surface area contributed by atoms with Crippen LogP contribution in [0.5, 0.6) is 0 Å². The number of fused-ring (bicyclic) bond motifs is 1. The fraction of sp³-hybridized carbons (Fsp3) is 0.333. The van der Waals surface area contributed by atoms with Crippen molar-refractivity contribution in [2.24, 2.45) is 5.92 Å². The Morgan fingerprint density at radius 3 is 2.93 bits per heavy atom. The molecule has 8 nitrogen and oxygen atoms in total. The average molecular weight is 390 g/mol. The van der Waals surface area contributed by atoms with Crippen molar-refractivity contribution in [1.82, 2.24) is 30.2 Å². The van der Waals surface area contributed by atoms with Gasteiger partial charge in [-0.25, -0.2) is 0 Å². The summed E-state index contributed by atoms with van der Waals surface area (Å²) in [5.41, 5.74) is 4.22. The Hall–Kier alpha value is -3.26. The third-order valence-electron chi connectivity index (χ3n) is 5.50. The van der Waals surface area contributed by atoms with Gasteiger partial charge in [-0.15, -0.1) is 0 Å². The monoisotopic (exact) mass is 390 g/mol. The summed E-state index contributed by atoms with van der Waals surface area (Å²) >= 11 is 0. The van der Waals surface area contributed by atoms with Gasteiger partial charge in [0, 0.05) is 49.5 Å². The van der Waals surface area contributed by atoms with Crippen molar-refractivity contribution in [3.63, 3.8) is 0 Å². The highest BCUT2D eigenvalue weighted by molar-refractivity contribution is 6.07. The number of hydrogen-bond acceptors (Lipinski definition) is 5. The highest BCUT2D eigenvalue weighted by Crippen LogP contribution is 2.25.